The van der Waals surface area contributed by atoms with Crippen molar-refractivity contribution in [3.8, 4) is 0 Å². The molecule has 0 aromatic rings. The van der Waals surface area contributed by atoms with Gasteiger partial charge in [0.05, 0.1) is 6.04 Å². The molecule has 2 N–H and O–H groups in total. The van der Waals surface area contributed by atoms with Crippen LogP contribution in [0.5, 0.6) is 0 Å². The molecule has 0 amide bonds. The minimum Gasteiger partial charge on any atom is -0.326 e. The maximum Gasteiger partial charge on any atom is 0.264 e. The highest BCUT2D eigenvalue weighted by Crippen LogP contribution is 2.36. The van der Waals surface area contributed by atoms with Crippen LogP contribution < -0.4 is 5.73 Å². The monoisotopic (exact) mass is 261 g/mol. The van der Waals surface area contributed by atoms with Crippen LogP contribution in [0.4, 0.5) is 8.78 Å². The molecule has 2 aliphatic rings. The van der Waals surface area contributed by atoms with Gasteiger partial charge in [0, 0.05) is 44.7 Å². The molecule has 1 heterocycles. The Bertz CT molecular complexity index is 275. The Kier molecular flexibility index (Phi) is 4.24. The lowest BCUT2D eigenvalue weighted by atomic mass is 9.86. The number of halogens is 2. The normalized spacial score (nSPS) is 35.0. The Labute approximate surface area is 108 Å². The first-order chi connectivity index (χ1) is 8.42. The predicted molar refractivity (Wildman–Crippen MR) is 68.8 cm³/mol. The van der Waals surface area contributed by atoms with Crippen LogP contribution in [0.15, 0.2) is 0 Å². The molecule has 0 bridgehead atoms. The summed E-state index contributed by atoms with van der Waals surface area (Å²) < 4.78 is 28.0. The van der Waals surface area contributed by atoms with Gasteiger partial charge in [-0.05, 0) is 26.7 Å². The predicted octanol–water partition coefficient (Wildman–Crippen LogP) is 1.53. The standard InChI is InChI=1S/C13H25F2N3/c1-10(2)17-6-8-18(9-7-17)12-11(16)4-3-5-13(12,14)15/h10-12H,3-9,16H2,1-2H3/t11-,12+/m1/s1. The summed E-state index contributed by atoms with van der Waals surface area (Å²) >= 11 is 0. The molecule has 18 heavy (non-hydrogen) atoms. The van der Waals surface area contributed by atoms with E-state index < -0.39 is 12.0 Å². The maximum absolute atomic E-state index is 14.0. The van der Waals surface area contributed by atoms with Crippen LogP contribution >= 0.6 is 0 Å². The second-order valence-corrected chi connectivity index (χ2v) is 5.93. The minimum atomic E-state index is -2.61. The van der Waals surface area contributed by atoms with Crippen LogP contribution in [-0.2, 0) is 0 Å². The molecule has 0 spiro atoms. The van der Waals surface area contributed by atoms with Crippen molar-refractivity contribution in [1.29, 1.82) is 0 Å². The van der Waals surface area contributed by atoms with E-state index in [0.717, 1.165) is 19.5 Å². The van der Waals surface area contributed by atoms with Crippen molar-refractivity contribution >= 4 is 0 Å². The minimum absolute atomic E-state index is 0.00420. The summed E-state index contributed by atoms with van der Waals surface area (Å²) in [5.74, 6) is -2.61. The zero-order valence-corrected chi connectivity index (χ0v) is 11.4. The second-order valence-electron chi connectivity index (χ2n) is 5.93. The van der Waals surface area contributed by atoms with E-state index in [1.54, 1.807) is 0 Å². The van der Waals surface area contributed by atoms with Gasteiger partial charge in [0.15, 0.2) is 0 Å². The van der Waals surface area contributed by atoms with Crippen molar-refractivity contribution < 1.29 is 8.78 Å². The van der Waals surface area contributed by atoms with Crippen LogP contribution in [0.1, 0.15) is 33.1 Å². The summed E-state index contributed by atoms with van der Waals surface area (Å²) in [6.07, 6.45) is 1.27. The highest BCUT2D eigenvalue weighted by Gasteiger charge is 2.49. The molecule has 0 aromatic carbocycles. The number of piperazine rings is 1. The lowest BCUT2D eigenvalue weighted by Gasteiger charge is -2.47. The van der Waals surface area contributed by atoms with Gasteiger partial charge < -0.3 is 5.73 Å². The molecule has 1 aliphatic carbocycles. The zero-order chi connectivity index (χ0) is 13.3. The number of hydrogen-bond acceptors (Lipinski definition) is 3. The van der Waals surface area contributed by atoms with E-state index in [1.807, 2.05) is 4.90 Å². The molecule has 1 saturated carbocycles. The maximum atomic E-state index is 14.0. The van der Waals surface area contributed by atoms with Crippen molar-refractivity contribution in [3.05, 3.63) is 0 Å². The Hall–Kier alpha value is -0.260. The summed E-state index contributed by atoms with van der Waals surface area (Å²) in [5, 5.41) is 0. The number of nitrogens with zero attached hydrogens (tertiary/aromatic N) is 2. The Morgan fingerprint density at radius 2 is 1.78 bits per heavy atom. The quantitative estimate of drug-likeness (QED) is 0.818. The first-order valence-corrected chi connectivity index (χ1v) is 7.03. The van der Waals surface area contributed by atoms with E-state index in [2.05, 4.69) is 18.7 Å². The molecule has 5 heteroatoms. The van der Waals surface area contributed by atoms with Gasteiger partial charge in [-0.1, -0.05) is 0 Å². The summed E-state index contributed by atoms with van der Waals surface area (Å²) in [4.78, 5) is 4.26. The van der Waals surface area contributed by atoms with E-state index in [1.165, 1.54) is 0 Å². The van der Waals surface area contributed by atoms with Crippen LogP contribution in [-0.4, -0.2) is 60.0 Å². The van der Waals surface area contributed by atoms with Gasteiger partial charge in [0.2, 0.25) is 0 Å². The zero-order valence-electron chi connectivity index (χ0n) is 11.4. The fraction of sp³-hybridized carbons (Fsp3) is 1.00. The Balaban J connectivity index is 1.99. The van der Waals surface area contributed by atoms with Crippen LogP contribution in [0.25, 0.3) is 0 Å². The van der Waals surface area contributed by atoms with Crippen molar-refractivity contribution in [2.45, 2.75) is 57.2 Å². The third-order valence-corrected chi connectivity index (χ3v) is 4.36. The van der Waals surface area contributed by atoms with Gasteiger partial charge >= 0.3 is 0 Å². The van der Waals surface area contributed by atoms with Crippen molar-refractivity contribution in [2.75, 3.05) is 26.2 Å². The Morgan fingerprint density at radius 1 is 1.17 bits per heavy atom. The third kappa shape index (κ3) is 2.83. The van der Waals surface area contributed by atoms with Gasteiger partial charge in [-0.15, -0.1) is 0 Å². The van der Waals surface area contributed by atoms with Gasteiger partial charge in [0.1, 0.15) is 0 Å². The van der Waals surface area contributed by atoms with Gasteiger partial charge in [0.25, 0.3) is 5.92 Å². The first kappa shape index (κ1) is 14.2. The fourth-order valence-corrected chi connectivity index (χ4v) is 3.26. The number of rotatable bonds is 2. The molecule has 0 radical (unpaired) electrons. The topological polar surface area (TPSA) is 32.5 Å². The van der Waals surface area contributed by atoms with E-state index in [4.69, 9.17) is 5.73 Å². The van der Waals surface area contributed by atoms with Crippen LogP contribution in [0.2, 0.25) is 0 Å². The first-order valence-electron chi connectivity index (χ1n) is 7.03. The summed E-state index contributed by atoms with van der Waals surface area (Å²) in [5.41, 5.74) is 5.94. The van der Waals surface area contributed by atoms with E-state index in [0.29, 0.717) is 25.6 Å². The van der Waals surface area contributed by atoms with Crippen molar-refractivity contribution in [1.82, 2.24) is 9.80 Å². The number of nitrogens with two attached hydrogens (primary N) is 1. The molecule has 2 rings (SSSR count). The smallest absolute Gasteiger partial charge is 0.264 e. The molecule has 1 aliphatic heterocycles. The van der Waals surface area contributed by atoms with Crippen LogP contribution in [0.3, 0.4) is 0 Å². The molecule has 0 aromatic heterocycles. The van der Waals surface area contributed by atoms with Gasteiger partial charge in [-0.3, -0.25) is 9.80 Å². The molecule has 2 atom stereocenters. The molecule has 0 unspecified atom stereocenters. The lowest BCUT2D eigenvalue weighted by Crippen LogP contribution is -2.63. The van der Waals surface area contributed by atoms with Gasteiger partial charge in [-0.2, -0.15) is 0 Å². The lowest BCUT2D eigenvalue weighted by molar-refractivity contribution is -0.121. The molecular formula is C13H25F2N3. The van der Waals surface area contributed by atoms with E-state index >= 15 is 0 Å². The number of alkyl halides is 2. The molecule has 3 nitrogen and oxygen atoms in total. The third-order valence-electron chi connectivity index (χ3n) is 4.36. The van der Waals surface area contributed by atoms with Crippen LogP contribution in [0, 0.1) is 0 Å². The SMILES string of the molecule is CC(C)N1CCN([C@H]2[C@H](N)CCCC2(F)F)CC1. The molecular weight excluding hydrogens is 236 g/mol. The average molecular weight is 261 g/mol. The van der Waals surface area contributed by atoms with E-state index in [9.17, 15) is 8.78 Å². The van der Waals surface area contributed by atoms with E-state index in [-0.39, 0.29) is 12.5 Å². The second kappa shape index (κ2) is 5.39. The van der Waals surface area contributed by atoms with Crippen molar-refractivity contribution in [2.24, 2.45) is 5.73 Å². The molecule has 1 saturated heterocycles. The fourth-order valence-electron chi connectivity index (χ4n) is 3.26. The highest BCUT2D eigenvalue weighted by atomic mass is 19.3. The largest absolute Gasteiger partial charge is 0.326 e. The van der Waals surface area contributed by atoms with Crippen molar-refractivity contribution in [3.63, 3.8) is 0 Å². The summed E-state index contributed by atoms with van der Waals surface area (Å²) in [6, 6.07) is -0.632. The summed E-state index contributed by atoms with van der Waals surface area (Å²) in [7, 11) is 0. The van der Waals surface area contributed by atoms with Gasteiger partial charge in [-0.25, -0.2) is 8.78 Å². The number of hydrogen-bond donors (Lipinski definition) is 1. The summed E-state index contributed by atoms with van der Waals surface area (Å²) in [6.45, 7) is 7.47. The highest BCUT2D eigenvalue weighted by molar-refractivity contribution is 4.98. The Morgan fingerprint density at radius 3 is 2.28 bits per heavy atom. The molecule has 106 valence electrons. The average Bonchev–Trinajstić information content (AvgIpc) is 2.28. The molecule has 2 fully saturated rings.